The zero-order valence-corrected chi connectivity index (χ0v) is 18.0. The Morgan fingerprint density at radius 3 is 2.27 bits per heavy atom. The fourth-order valence-corrected chi connectivity index (χ4v) is 4.43. The van der Waals surface area contributed by atoms with Gasteiger partial charge in [0.15, 0.2) is 0 Å². The molecule has 0 radical (unpaired) electrons. The van der Waals surface area contributed by atoms with Crippen LogP contribution in [0.4, 0.5) is 26.3 Å². The number of carboxylic acid groups (broad SMARTS) is 1. The minimum atomic E-state index is -4.78. The Morgan fingerprint density at radius 1 is 1.03 bits per heavy atom. The number of rotatable bonds is 6. The summed E-state index contributed by atoms with van der Waals surface area (Å²) in [5, 5.41) is 9.16. The standard InChI is InChI=1S/C24H25F6NO2/c1-15-2-4-16(5-3-15)10-20-11-17(12-22(32)33)8-9-31(20)14-18-13-19(23(25,26)27)6-7-21(18)24(28,29)30/h2-7,13,17,20H,8-12,14H2,1H3,(H,32,33)/t17-,20-/m0/s1. The largest absolute Gasteiger partial charge is 0.481 e. The maximum Gasteiger partial charge on any atom is 0.416 e. The van der Waals surface area contributed by atoms with Crippen LogP contribution in [0.15, 0.2) is 42.5 Å². The number of carboxylic acids is 1. The summed E-state index contributed by atoms with van der Waals surface area (Å²) in [5.41, 5.74) is -0.657. The van der Waals surface area contributed by atoms with Crippen molar-refractivity contribution in [1.29, 1.82) is 0 Å². The van der Waals surface area contributed by atoms with Crippen LogP contribution < -0.4 is 0 Å². The zero-order chi connectivity index (χ0) is 24.4. The van der Waals surface area contributed by atoms with E-state index in [1.54, 1.807) is 4.90 Å². The molecule has 2 aromatic rings. The Bertz CT molecular complexity index is 968. The number of hydrogen-bond acceptors (Lipinski definition) is 2. The molecule has 0 amide bonds. The molecule has 0 aliphatic carbocycles. The summed E-state index contributed by atoms with van der Waals surface area (Å²) in [6.07, 6.45) is -8.22. The van der Waals surface area contributed by atoms with E-state index in [-0.39, 0.29) is 24.9 Å². The summed E-state index contributed by atoms with van der Waals surface area (Å²) in [4.78, 5) is 12.9. The van der Waals surface area contributed by atoms with E-state index in [0.29, 0.717) is 44.0 Å². The summed E-state index contributed by atoms with van der Waals surface area (Å²) in [7, 11) is 0. The zero-order valence-electron chi connectivity index (χ0n) is 18.0. The highest BCUT2D eigenvalue weighted by molar-refractivity contribution is 5.67. The molecule has 1 heterocycles. The van der Waals surface area contributed by atoms with Gasteiger partial charge in [0, 0.05) is 19.0 Å². The van der Waals surface area contributed by atoms with E-state index in [1.165, 1.54) is 0 Å². The van der Waals surface area contributed by atoms with Crippen molar-refractivity contribution in [3.05, 3.63) is 70.3 Å². The maximum atomic E-state index is 13.6. The van der Waals surface area contributed by atoms with E-state index >= 15 is 0 Å². The molecule has 0 saturated carbocycles. The average Bonchev–Trinajstić information content (AvgIpc) is 2.69. The van der Waals surface area contributed by atoms with E-state index in [2.05, 4.69) is 0 Å². The van der Waals surface area contributed by atoms with Crippen molar-refractivity contribution >= 4 is 5.97 Å². The molecule has 33 heavy (non-hydrogen) atoms. The van der Waals surface area contributed by atoms with Crippen LogP contribution in [0.2, 0.25) is 0 Å². The van der Waals surface area contributed by atoms with E-state index < -0.39 is 35.0 Å². The number of hydrogen-bond donors (Lipinski definition) is 1. The molecule has 0 aromatic heterocycles. The van der Waals surface area contributed by atoms with Crippen molar-refractivity contribution in [3.8, 4) is 0 Å². The van der Waals surface area contributed by atoms with Gasteiger partial charge in [0.1, 0.15) is 0 Å². The normalized spacial score (nSPS) is 20.1. The van der Waals surface area contributed by atoms with Crippen LogP contribution in [0, 0.1) is 12.8 Å². The maximum absolute atomic E-state index is 13.6. The number of likely N-dealkylation sites (tertiary alicyclic amines) is 1. The molecule has 1 fully saturated rings. The molecule has 1 aliphatic heterocycles. The van der Waals surface area contributed by atoms with E-state index in [9.17, 15) is 31.1 Å². The van der Waals surface area contributed by atoms with Crippen LogP contribution >= 0.6 is 0 Å². The van der Waals surface area contributed by atoms with Gasteiger partial charge in [0.25, 0.3) is 0 Å². The highest BCUT2D eigenvalue weighted by Gasteiger charge is 2.38. The fourth-order valence-electron chi connectivity index (χ4n) is 4.43. The number of aryl methyl sites for hydroxylation is 1. The van der Waals surface area contributed by atoms with Crippen molar-refractivity contribution in [3.63, 3.8) is 0 Å². The van der Waals surface area contributed by atoms with Crippen LogP contribution in [0.5, 0.6) is 0 Å². The smallest absolute Gasteiger partial charge is 0.416 e. The van der Waals surface area contributed by atoms with Crippen molar-refractivity contribution in [2.75, 3.05) is 6.54 Å². The van der Waals surface area contributed by atoms with Gasteiger partial charge in [-0.3, -0.25) is 9.69 Å². The number of nitrogens with zero attached hydrogens (tertiary/aromatic N) is 1. The van der Waals surface area contributed by atoms with Gasteiger partial charge in [-0.1, -0.05) is 29.8 Å². The Morgan fingerprint density at radius 2 is 1.70 bits per heavy atom. The summed E-state index contributed by atoms with van der Waals surface area (Å²) < 4.78 is 80.2. The average molecular weight is 473 g/mol. The van der Waals surface area contributed by atoms with Gasteiger partial charge in [-0.25, -0.2) is 0 Å². The predicted molar refractivity (Wildman–Crippen MR) is 111 cm³/mol. The molecule has 3 rings (SSSR count). The van der Waals surface area contributed by atoms with Gasteiger partial charge in [-0.05, 0) is 68.0 Å². The fraction of sp³-hybridized carbons (Fsp3) is 0.458. The van der Waals surface area contributed by atoms with Gasteiger partial charge >= 0.3 is 18.3 Å². The number of piperidine rings is 1. The summed E-state index contributed by atoms with van der Waals surface area (Å²) in [5.74, 6) is -1.09. The van der Waals surface area contributed by atoms with Gasteiger partial charge in [-0.2, -0.15) is 26.3 Å². The lowest BCUT2D eigenvalue weighted by Crippen LogP contribution is -2.44. The third-order valence-electron chi connectivity index (χ3n) is 6.11. The summed E-state index contributed by atoms with van der Waals surface area (Å²) >= 11 is 0. The molecule has 2 aromatic carbocycles. The van der Waals surface area contributed by atoms with Crippen LogP contribution in [-0.4, -0.2) is 28.6 Å². The second kappa shape index (κ2) is 9.75. The van der Waals surface area contributed by atoms with Crippen molar-refractivity contribution < 1.29 is 36.2 Å². The van der Waals surface area contributed by atoms with Crippen LogP contribution in [-0.2, 0) is 30.1 Å². The van der Waals surface area contributed by atoms with Gasteiger partial charge in [0.2, 0.25) is 0 Å². The van der Waals surface area contributed by atoms with E-state index in [0.717, 1.165) is 11.1 Å². The lowest BCUT2D eigenvalue weighted by Gasteiger charge is -2.40. The summed E-state index contributed by atoms with van der Waals surface area (Å²) in [6.45, 7) is 1.93. The minimum Gasteiger partial charge on any atom is -0.481 e. The molecule has 1 saturated heterocycles. The lowest BCUT2D eigenvalue weighted by molar-refractivity contribution is -0.142. The molecule has 9 heteroatoms. The summed E-state index contributed by atoms with van der Waals surface area (Å²) in [6, 6.07) is 8.85. The van der Waals surface area contributed by atoms with E-state index in [1.807, 2.05) is 31.2 Å². The van der Waals surface area contributed by atoms with Crippen molar-refractivity contribution in [2.24, 2.45) is 5.92 Å². The van der Waals surface area contributed by atoms with Gasteiger partial charge in [-0.15, -0.1) is 0 Å². The Labute approximate surface area is 188 Å². The van der Waals surface area contributed by atoms with Crippen LogP contribution in [0.3, 0.4) is 0 Å². The third kappa shape index (κ3) is 6.72. The second-order valence-electron chi connectivity index (χ2n) is 8.67. The predicted octanol–water partition coefficient (Wildman–Crippen LogP) is 6.33. The number of halogens is 6. The van der Waals surface area contributed by atoms with Gasteiger partial charge < -0.3 is 5.11 Å². The first-order valence-corrected chi connectivity index (χ1v) is 10.6. The lowest BCUT2D eigenvalue weighted by atomic mass is 9.85. The van der Waals surface area contributed by atoms with E-state index in [4.69, 9.17) is 5.11 Å². The molecule has 3 nitrogen and oxygen atoms in total. The number of carbonyl (C=O) groups is 1. The Balaban J connectivity index is 1.91. The molecule has 0 spiro atoms. The van der Waals surface area contributed by atoms with Gasteiger partial charge in [0.05, 0.1) is 11.1 Å². The highest BCUT2D eigenvalue weighted by atomic mass is 19.4. The monoisotopic (exact) mass is 473 g/mol. The molecule has 1 aliphatic rings. The number of benzene rings is 2. The highest BCUT2D eigenvalue weighted by Crippen LogP contribution is 2.38. The topological polar surface area (TPSA) is 40.5 Å². The number of aliphatic carboxylic acids is 1. The second-order valence-corrected chi connectivity index (χ2v) is 8.67. The molecule has 0 unspecified atom stereocenters. The first-order chi connectivity index (χ1) is 15.3. The first kappa shape index (κ1) is 25.1. The first-order valence-electron chi connectivity index (χ1n) is 10.6. The molecule has 0 bridgehead atoms. The Hall–Kier alpha value is -2.55. The molecule has 180 valence electrons. The molecular formula is C24H25F6NO2. The van der Waals surface area contributed by atoms with Crippen molar-refractivity contribution in [2.45, 2.75) is 57.5 Å². The van der Waals surface area contributed by atoms with Crippen LogP contribution in [0.25, 0.3) is 0 Å². The molecule has 1 N–H and O–H groups in total. The number of alkyl halides is 6. The van der Waals surface area contributed by atoms with Crippen molar-refractivity contribution in [1.82, 2.24) is 4.90 Å². The SMILES string of the molecule is Cc1ccc(C[C@H]2C[C@@H](CC(=O)O)CCN2Cc2cc(C(F)(F)F)ccc2C(F)(F)F)cc1. The Kier molecular flexibility index (Phi) is 7.41. The minimum absolute atomic E-state index is 0.0460. The molecular weight excluding hydrogens is 448 g/mol. The quantitative estimate of drug-likeness (QED) is 0.499. The third-order valence-corrected chi connectivity index (χ3v) is 6.11. The van der Waals surface area contributed by atoms with Crippen LogP contribution in [0.1, 0.15) is 47.1 Å². The molecule has 2 atom stereocenters.